The fraction of sp³-hybridized carbons (Fsp3) is 0.214. The number of imidazole rings is 1. The largest absolute Gasteiger partial charge is 0.389 e. The molecule has 0 saturated carbocycles. The number of anilines is 1. The zero-order valence-electron chi connectivity index (χ0n) is 12.4. The van der Waals surface area contributed by atoms with Gasteiger partial charge in [0.15, 0.2) is 11.5 Å². The van der Waals surface area contributed by atoms with Gasteiger partial charge in [-0.1, -0.05) is 0 Å². The van der Waals surface area contributed by atoms with Crippen LogP contribution in [0.25, 0.3) is 11.5 Å². The third-order valence-electron chi connectivity index (χ3n) is 3.78. The summed E-state index contributed by atoms with van der Waals surface area (Å²) in [6, 6.07) is 3.58. The Balaban J connectivity index is 1.69. The molecule has 0 spiro atoms. The van der Waals surface area contributed by atoms with E-state index < -0.39 is 0 Å². The van der Waals surface area contributed by atoms with E-state index >= 15 is 0 Å². The number of hydrogen-bond donors (Lipinski definition) is 2. The van der Waals surface area contributed by atoms with E-state index in [1.807, 2.05) is 11.0 Å². The molecule has 3 aromatic heterocycles. The third kappa shape index (κ3) is 2.24. The van der Waals surface area contributed by atoms with Gasteiger partial charge in [0.05, 0.1) is 6.10 Å². The van der Waals surface area contributed by atoms with E-state index in [2.05, 4.69) is 20.1 Å². The Hall–Kier alpha value is -3.45. The van der Waals surface area contributed by atoms with Crippen LogP contribution in [0.1, 0.15) is 5.69 Å². The number of nitriles is 1. The average molecular weight is 324 g/mol. The van der Waals surface area contributed by atoms with E-state index in [-0.39, 0.29) is 17.4 Å². The molecule has 3 aromatic rings. The van der Waals surface area contributed by atoms with Gasteiger partial charge in [0.1, 0.15) is 30.2 Å². The van der Waals surface area contributed by atoms with Crippen LogP contribution in [0.3, 0.4) is 0 Å². The first-order chi connectivity index (χ1) is 11.7. The minimum Gasteiger partial charge on any atom is -0.389 e. The highest BCUT2D eigenvalue weighted by Crippen LogP contribution is 2.19. The SMILES string of the molecule is N#Cc1cn(-c2c[nH]n(-c3cc(N4CC(O)C4)ncn3)c2=O)cn1. The Kier molecular flexibility index (Phi) is 3.14. The van der Waals surface area contributed by atoms with Crippen molar-refractivity contribution in [3.63, 3.8) is 0 Å². The number of nitrogens with zero attached hydrogens (tertiary/aromatic N) is 7. The molecule has 0 bridgehead atoms. The van der Waals surface area contributed by atoms with Crippen molar-refractivity contribution in [1.82, 2.24) is 29.3 Å². The van der Waals surface area contributed by atoms with E-state index in [0.717, 1.165) is 0 Å². The molecular weight excluding hydrogens is 312 g/mol. The van der Waals surface area contributed by atoms with Crippen LogP contribution >= 0.6 is 0 Å². The summed E-state index contributed by atoms with van der Waals surface area (Å²) in [5.41, 5.74) is 0.219. The molecule has 4 rings (SSSR count). The molecule has 0 radical (unpaired) electrons. The standard InChI is InChI=1S/C14H12N8O2/c15-2-9-4-21(8-18-9)11-3-19-22(14(11)24)13-1-12(16-7-17-13)20-5-10(23)6-20/h1,3-4,7-8,10,19,23H,5-6H2. The highest BCUT2D eigenvalue weighted by molar-refractivity contribution is 5.46. The number of H-pyrrole nitrogens is 1. The van der Waals surface area contributed by atoms with Crippen molar-refractivity contribution in [3.8, 4) is 17.6 Å². The summed E-state index contributed by atoms with van der Waals surface area (Å²) in [5, 5.41) is 21.0. The molecule has 0 amide bonds. The first-order valence-electron chi connectivity index (χ1n) is 7.16. The summed E-state index contributed by atoms with van der Waals surface area (Å²) in [6.45, 7) is 1.01. The highest BCUT2D eigenvalue weighted by Gasteiger charge is 2.26. The molecule has 1 aliphatic rings. The Labute approximate surface area is 135 Å². The number of β-amino-alcohol motifs (C(OH)–C–C–N with tert-alkyl or cyclic N) is 1. The molecule has 0 unspecified atom stereocenters. The van der Waals surface area contributed by atoms with Gasteiger partial charge in [-0.05, 0) is 0 Å². The van der Waals surface area contributed by atoms with Gasteiger partial charge in [0.2, 0.25) is 0 Å². The van der Waals surface area contributed by atoms with E-state index in [1.165, 1.54) is 34.3 Å². The number of rotatable bonds is 3. The second-order valence-corrected chi connectivity index (χ2v) is 5.37. The predicted molar refractivity (Wildman–Crippen MR) is 82.0 cm³/mol. The van der Waals surface area contributed by atoms with Crippen LogP contribution in [0.2, 0.25) is 0 Å². The average Bonchev–Trinajstić information content (AvgIpc) is 3.18. The quantitative estimate of drug-likeness (QED) is 0.645. The van der Waals surface area contributed by atoms with Crippen LogP contribution < -0.4 is 10.5 Å². The lowest BCUT2D eigenvalue weighted by Gasteiger charge is -2.36. The lowest BCUT2D eigenvalue weighted by atomic mass is 10.2. The molecule has 2 N–H and O–H groups in total. The van der Waals surface area contributed by atoms with Crippen molar-refractivity contribution < 1.29 is 5.11 Å². The summed E-state index contributed by atoms with van der Waals surface area (Å²) in [6.07, 6.45) is 5.41. The van der Waals surface area contributed by atoms with Crippen molar-refractivity contribution >= 4 is 5.82 Å². The number of hydrogen-bond acceptors (Lipinski definition) is 7. The molecule has 10 heteroatoms. The Morgan fingerprint density at radius 3 is 2.79 bits per heavy atom. The normalized spacial score (nSPS) is 14.4. The van der Waals surface area contributed by atoms with E-state index in [0.29, 0.717) is 30.4 Å². The smallest absolute Gasteiger partial charge is 0.296 e. The summed E-state index contributed by atoms with van der Waals surface area (Å²) in [4.78, 5) is 26.6. The van der Waals surface area contributed by atoms with Gasteiger partial charge in [-0.2, -0.15) is 9.94 Å². The van der Waals surface area contributed by atoms with E-state index in [1.54, 1.807) is 6.07 Å². The molecule has 4 heterocycles. The summed E-state index contributed by atoms with van der Waals surface area (Å²) in [7, 11) is 0. The topological polar surface area (TPSA) is 129 Å². The molecule has 0 aromatic carbocycles. The molecule has 1 aliphatic heterocycles. The number of aromatic amines is 1. The van der Waals surface area contributed by atoms with E-state index in [9.17, 15) is 9.90 Å². The Bertz CT molecular complexity index is 989. The second kappa shape index (κ2) is 5.32. The first-order valence-corrected chi connectivity index (χ1v) is 7.16. The van der Waals surface area contributed by atoms with Crippen molar-refractivity contribution in [1.29, 1.82) is 5.26 Å². The maximum Gasteiger partial charge on any atom is 0.296 e. The van der Waals surface area contributed by atoms with Gasteiger partial charge >= 0.3 is 0 Å². The molecule has 24 heavy (non-hydrogen) atoms. The minimum atomic E-state index is -0.348. The zero-order valence-corrected chi connectivity index (χ0v) is 12.4. The lowest BCUT2D eigenvalue weighted by molar-refractivity contribution is 0.141. The predicted octanol–water partition coefficient (Wildman–Crippen LogP) is -0.806. The molecule has 1 fully saturated rings. The van der Waals surface area contributed by atoms with Gasteiger partial charge < -0.3 is 10.0 Å². The van der Waals surface area contributed by atoms with Crippen molar-refractivity contribution in [2.75, 3.05) is 18.0 Å². The molecule has 0 atom stereocenters. The zero-order chi connectivity index (χ0) is 16.7. The molecule has 10 nitrogen and oxygen atoms in total. The van der Waals surface area contributed by atoms with Crippen molar-refractivity contribution in [2.24, 2.45) is 0 Å². The van der Waals surface area contributed by atoms with Gasteiger partial charge in [0.25, 0.3) is 5.56 Å². The van der Waals surface area contributed by atoms with Crippen molar-refractivity contribution in [2.45, 2.75) is 6.10 Å². The van der Waals surface area contributed by atoms with Crippen LogP contribution in [-0.2, 0) is 0 Å². The van der Waals surface area contributed by atoms with Crippen LogP contribution in [-0.4, -0.2) is 53.6 Å². The Morgan fingerprint density at radius 1 is 1.29 bits per heavy atom. The second-order valence-electron chi connectivity index (χ2n) is 5.37. The number of nitrogens with one attached hydrogen (secondary N) is 1. The number of aliphatic hydroxyl groups is 1. The number of aromatic nitrogens is 6. The molecule has 120 valence electrons. The summed E-state index contributed by atoms with van der Waals surface area (Å²) >= 11 is 0. The number of aliphatic hydroxyl groups excluding tert-OH is 1. The van der Waals surface area contributed by atoms with Gasteiger partial charge in [0, 0.05) is 31.5 Å². The third-order valence-corrected chi connectivity index (χ3v) is 3.78. The maximum atomic E-state index is 12.6. The van der Waals surface area contributed by atoms with Gasteiger partial charge in [-0.15, -0.1) is 0 Å². The molecular formula is C14H12N8O2. The maximum absolute atomic E-state index is 12.6. The Morgan fingerprint density at radius 2 is 2.08 bits per heavy atom. The van der Waals surface area contributed by atoms with Gasteiger partial charge in [-0.25, -0.2) is 15.0 Å². The lowest BCUT2D eigenvalue weighted by Crippen LogP contribution is -2.51. The van der Waals surface area contributed by atoms with Crippen LogP contribution in [0.5, 0.6) is 0 Å². The first kappa shape index (κ1) is 14.2. The minimum absolute atomic E-state index is 0.225. The van der Waals surface area contributed by atoms with Gasteiger partial charge in [-0.3, -0.25) is 14.5 Å². The van der Waals surface area contributed by atoms with Crippen LogP contribution in [0.15, 0.2) is 35.9 Å². The molecule has 1 saturated heterocycles. The summed E-state index contributed by atoms with van der Waals surface area (Å²) in [5.74, 6) is 1.03. The van der Waals surface area contributed by atoms with Crippen molar-refractivity contribution in [3.05, 3.63) is 47.2 Å². The van der Waals surface area contributed by atoms with Crippen LogP contribution in [0, 0.1) is 11.3 Å². The van der Waals surface area contributed by atoms with E-state index in [4.69, 9.17) is 5.26 Å². The monoisotopic (exact) mass is 324 g/mol. The molecule has 0 aliphatic carbocycles. The summed E-state index contributed by atoms with van der Waals surface area (Å²) < 4.78 is 2.75. The highest BCUT2D eigenvalue weighted by atomic mass is 16.3. The van der Waals surface area contributed by atoms with Crippen LogP contribution in [0.4, 0.5) is 5.82 Å². The fourth-order valence-corrected chi connectivity index (χ4v) is 2.50. The fourth-order valence-electron chi connectivity index (χ4n) is 2.50.